The summed E-state index contributed by atoms with van der Waals surface area (Å²) in [5, 5.41) is 22.9. The fraction of sp³-hybridized carbons (Fsp3) is 0. The van der Waals surface area contributed by atoms with E-state index in [1.807, 2.05) is 60.7 Å². The summed E-state index contributed by atoms with van der Waals surface area (Å²) in [5.74, 6) is 2.92. The molecule has 0 fully saturated rings. The third kappa shape index (κ3) is 7.56. The van der Waals surface area contributed by atoms with Crippen LogP contribution in [0.15, 0.2) is 292 Å². The molecule has 8 heterocycles. The Morgan fingerprint density at radius 2 is 0.681 bits per heavy atom. The number of para-hydroxylation sites is 3. The lowest BCUT2D eigenvalue weighted by Crippen LogP contribution is -2.02. The highest BCUT2D eigenvalue weighted by Crippen LogP contribution is 2.46. The van der Waals surface area contributed by atoms with Crippen molar-refractivity contribution in [3.8, 4) is 34.4 Å². The van der Waals surface area contributed by atoms with E-state index >= 15 is 0 Å². The Morgan fingerprint density at radius 3 is 1.27 bits per heavy atom. The third-order valence-electron chi connectivity index (χ3n) is 19.2. The molecular formula is C84H46N6O3S. The van der Waals surface area contributed by atoms with E-state index in [9.17, 15) is 0 Å². The SMILES string of the molecule is c1ccc2cc3c(cc2c1)c1c2ccccc2ccc1n3-c1nc(-c2ccc3c(c2)oc2ccccc23)nc2oc3ccccc3c12.c1ccc2cc3c(cc2c1)c1cc2ccccc2cc1n3-c1nc(-c2ccc3c(c2)oc2ccccc23)nc2sc3ccccc3c12. The number of hydrogen-bond acceptors (Lipinski definition) is 8. The largest absolute Gasteiger partial charge is 0.456 e. The minimum absolute atomic E-state index is 0.549. The second kappa shape index (κ2) is 19.5. The lowest BCUT2D eigenvalue weighted by atomic mass is 10.0. The maximum Gasteiger partial charge on any atom is 0.233 e. The molecular weight excluding hydrogens is 1170 g/mol. The van der Waals surface area contributed by atoms with Gasteiger partial charge in [0, 0.05) is 69.7 Å². The summed E-state index contributed by atoms with van der Waals surface area (Å²) in [5.41, 5.74) is 10.9. The van der Waals surface area contributed by atoms with E-state index in [-0.39, 0.29) is 0 Å². The molecule has 14 aromatic carbocycles. The number of rotatable bonds is 4. The lowest BCUT2D eigenvalue weighted by Gasteiger charge is -2.12. The number of aromatic nitrogens is 6. The number of furan rings is 3. The minimum atomic E-state index is 0.549. The first-order valence-corrected chi connectivity index (χ1v) is 32.3. The summed E-state index contributed by atoms with van der Waals surface area (Å²) < 4.78 is 24.9. The molecule has 22 rings (SSSR count). The first-order chi connectivity index (χ1) is 46.5. The van der Waals surface area contributed by atoms with Crippen LogP contribution in [0.5, 0.6) is 0 Å². The van der Waals surface area contributed by atoms with Gasteiger partial charge in [-0.05, 0) is 134 Å². The summed E-state index contributed by atoms with van der Waals surface area (Å²) in [4.78, 5) is 22.1. The van der Waals surface area contributed by atoms with Gasteiger partial charge in [-0.2, -0.15) is 4.98 Å². The summed E-state index contributed by atoms with van der Waals surface area (Å²) in [6.45, 7) is 0. The summed E-state index contributed by atoms with van der Waals surface area (Å²) in [6.07, 6.45) is 0. The number of benzene rings is 14. The van der Waals surface area contributed by atoms with Gasteiger partial charge in [-0.25, -0.2) is 15.0 Å². The highest BCUT2D eigenvalue weighted by molar-refractivity contribution is 7.25. The van der Waals surface area contributed by atoms with Gasteiger partial charge in [0.15, 0.2) is 23.3 Å². The lowest BCUT2D eigenvalue weighted by molar-refractivity contribution is 0.653. The van der Waals surface area contributed by atoms with Crippen LogP contribution in [0.4, 0.5) is 0 Å². The van der Waals surface area contributed by atoms with Gasteiger partial charge in [0.25, 0.3) is 0 Å². The van der Waals surface area contributed by atoms with Gasteiger partial charge in [0.1, 0.15) is 32.7 Å². The van der Waals surface area contributed by atoms with Gasteiger partial charge in [-0.3, -0.25) is 9.13 Å². The maximum absolute atomic E-state index is 6.47. The molecule has 0 N–H and O–H groups in total. The number of thiophene rings is 1. The van der Waals surface area contributed by atoms with E-state index < -0.39 is 0 Å². The number of hydrogen-bond donors (Lipinski definition) is 0. The van der Waals surface area contributed by atoms with Crippen LogP contribution in [-0.4, -0.2) is 29.1 Å². The quantitative estimate of drug-likeness (QED) is 0.173. The molecule has 0 radical (unpaired) electrons. The minimum Gasteiger partial charge on any atom is -0.456 e. The normalized spacial score (nSPS) is 12.3. The van der Waals surface area contributed by atoms with Gasteiger partial charge in [-0.15, -0.1) is 11.3 Å². The van der Waals surface area contributed by atoms with Crippen molar-refractivity contribution in [2.45, 2.75) is 0 Å². The van der Waals surface area contributed by atoms with Gasteiger partial charge in [0.2, 0.25) is 5.71 Å². The Kier molecular flexibility index (Phi) is 10.6. The molecule has 0 atom stereocenters. The van der Waals surface area contributed by atoms with E-state index in [4.69, 9.17) is 33.2 Å². The topological polar surface area (TPSA) is 101 Å². The van der Waals surface area contributed by atoms with Crippen molar-refractivity contribution in [1.29, 1.82) is 0 Å². The summed E-state index contributed by atoms with van der Waals surface area (Å²) in [7, 11) is 0. The zero-order chi connectivity index (χ0) is 61.3. The van der Waals surface area contributed by atoms with E-state index in [0.717, 1.165) is 115 Å². The molecule has 0 saturated heterocycles. The van der Waals surface area contributed by atoms with Crippen molar-refractivity contribution in [2.24, 2.45) is 0 Å². The maximum atomic E-state index is 6.47. The van der Waals surface area contributed by atoms with Crippen LogP contribution in [0, 0.1) is 0 Å². The Morgan fingerprint density at radius 1 is 0.255 bits per heavy atom. The fourth-order valence-electron chi connectivity index (χ4n) is 14.8. The Labute approximate surface area is 536 Å². The molecule has 0 aliphatic heterocycles. The standard InChI is InChI=1S/C42H23N3O2.C42H23N3OS/c1-2-11-26-22-34-32(21-25(26)10-1)38-28-12-4-3-9-24(28)18-20-33(38)45(34)41-39-31-14-6-8-16-36(31)47-42(39)44-40(43-41)27-17-19-30-29-13-5-7-15-35(29)46-37(30)23-27;1-3-11-26-21-34-32(19-24(26)9-1)33-20-25-10-2-4-12-27(25)22-35(33)45(34)41-39-31-14-6-8-16-38(31)47-42(39)44-40(43-41)28-17-18-30-29-13-5-7-15-36(29)46-37(30)23-28/h2*1-23H. The van der Waals surface area contributed by atoms with E-state index in [1.165, 1.54) is 74.7 Å². The van der Waals surface area contributed by atoms with Gasteiger partial charge >= 0.3 is 0 Å². The van der Waals surface area contributed by atoms with Crippen molar-refractivity contribution in [1.82, 2.24) is 29.1 Å². The molecule has 0 amide bonds. The molecule has 94 heavy (non-hydrogen) atoms. The average molecular weight is 1220 g/mol. The molecule has 0 spiro atoms. The van der Waals surface area contributed by atoms with E-state index in [0.29, 0.717) is 17.4 Å². The Balaban J connectivity index is 0.000000126. The van der Waals surface area contributed by atoms with Crippen molar-refractivity contribution in [3.63, 3.8) is 0 Å². The predicted molar refractivity (Wildman–Crippen MR) is 388 cm³/mol. The van der Waals surface area contributed by atoms with Crippen LogP contribution in [0.2, 0.25) is 0 Å². The number of fused-ring (bicyclic) bond motifs is 23. The molecule has 0 aliphatic carbocycles. The average Bonchev–Trinajstić information content (AvgIpc) is 1.56. The molecule has 0 bridgehead atoms. The van der Waals surface area contributed by atoms with Crippen LogP contribution < -0.4 is 0 Å². The first kappa shape index (κ1) is 51.3. The van der Waals surface area contributed by atoms with Crippen LogP contribution in [0.1, 0.15) is 0 Å². The predicted octanol–water partition coefficient (Wildman–Crippen LogP) is 23.2. The van der Waals surface area contributed by atoms with E-state index in [2.05, 4.69) is 228 Å². The smallest absolute Gasteiger partial charge is 0.233 e. The van der Waals surface area contributed by atoms with E-state index in [1.54, 1.807) is 11.3 Å². The zero-order valence-electron chi connectivity index (χ0n) is 49.9. The van der Waals surface area contributed by atoms with Crippen molar-refractivity contribution in [2.75, 3.05) is 0 Å². The molecule has 436 valence electrons. The fourth-order valence-corrected chi connectivity index (χ4v) is 15.9. The molecule has 8 aromatic heterocycles. The van der Waals surface area contributed by atoms with Crippen molar-refractivity contribution >= 4 is 184 Å². The third-order valence-corrected chi connectivity index (χ3v) is 20.2. The molecule has 0 unspecified atom stereocenters. The van der Waals surface area contributed by atoms with Crippen molar-refractivity contribution in [3.05, 3.63) is 279 Å². The molecule has 0 aliphatic rings. The summed E-state index contributed by atoms with van der Waals surface area (Å²) in [6, 6.07) is 98.2. The van der Waals surface area contributed by atoms with Crippen molar-refractivity contribution < 1.29 is 13.3 Å². The second-order valence-corrected chi connectivity index (χ2v) is 25.4. The monoisotopic (exact) mass is 1220 g/mol. The summed E-state index contributed by atoms with van der Waals surface area (Å²) >= 11 is 1.72. The Hall–Kier alpha value is -12.5. The molecule has 22 aromatic rings. The highest BCUT2D eigenvalue weighted by atomic mass is 32.1. The number of nitrogens with zero attached hydrogens (tertiary/aromatic N) is 6. The van der Waals surface area contributed by atoms with Gasteiger partial charge in [0.05, 0.1) is 32.8 Å². The first-order valence-electron chi connectivity index (χ1n) is 31.5. The van der Waals surface area contributed by atoms with Gasteiger partial charge in [-0.1, -0.05) is 188 Å². The molecule has 10 heteroatoms. The highest BCUT2D eigenvalue weighted by Gasteiger charge is 2.26. The van der Waals surface area contributed by atoms with Crippen LogP contribution in [-0.2, 0) is 0 Å². The molecule has 9 nitrogen and oxygen atoms in total. The van der Waals surface area contributed by atoms with Crippen LogP contribution in [0.3, 0.4) is 0 Å². The Bertz CT molecular complexity index is 6690. The van der Waals surface area contributed by atoms with Gasteiger partial charge < -0.3 is 13.3 Å². The molecule has 0 saturated carbocycles. The van der Waals surface area contributed by atoms with Crippen LogP contribution >= 0.6 is 11.3 Å². The zero-order valence-corrected chi connectivity index (χ0v) is 50.7. The van der Waals surface area contributed by atoms with Crippen LogP contribution in [0.25, 0.3) is 207 Å². The second-order valence-electron chi connectivity index (χ2n) is 24.4.